The number of anilines is 1. The lowest BCUT2D eigenvalue weighted by Gasteiger charge is -2.34. The Labute approximate surface area is 237 Å². The molecule has 0 aromatic heterocycles. The van der Waals surface area contributed by atoms with Gasteiger partial charge in [-0.25, -0.2) is 4.79 Å². The molecule has 2 unspecified atom stereocenters. The van der Waals surface area contributed by atoms with Crippen molar-refractivity contribution in [2.75, 3.05) is 17.6 Å². The number of hydrogen-bond donors (Lipinski definition) is 3. The first-order valence-electron chi connectivity index (χ1n) is 13.0. The molecule has 0 radical (unpaired) electrons. The number of nitrogens with zero attached hydrogens (tertiary/aromatic N) is 1. The summed E-state index contributed by atoms with van der Waals surface area (Å²) in [6, 6.07) is 12.6. The second-order valence-corrected chi connectivity index (χ2v) is 11.0. The summed E-state index contributed by atoms with van der Waals surface area (Å²) in [5.74, 6) is -0.773. The number of thiol groups is 1. The van der Waals surface area contributed by atoms with Gasteiger partial charge in [-0.2, -0.15) is 12.6 Å². The summed E-state index contributed by atoms with van der Waals surface area (Å²) in [4.78, 5) is 41.9. The molecular weight excluding hydrogens is 522 g/mol. The van der Waals surface area contributed by atoms with Gasteiger partial charge in [0.15, 0.2) is 0 Å². The Morgan fingerprint density at radius 3 is 2.29 bits per heavy atom. The lowest BCUT2D eigenvalue weighted by molar-refractivity contribution is -0.140. The summed E-state index contributed by atoms with van der Waals surface area (Å²) in [7, 11) is 0. The molecule has 0 fully saturated rings. The van der Waals surface area contributed by atoms with Crippen LogP contribution in [0.4, 0.5) is 10.5 Å². The summed E-state index contributed by atoms with van der Waals surface area (Å²) >= 11 is 10.7. The third-order valence-corrected chi connectivity index (χ3v) is 6.53. The zero-order chi connectivity index (χ0) is 28.3. The van der Waals surface area contributed by atoms with Crippen LogP contribution in [-0.4, -0.2) is 46.7 Å². The molecule has 0 spiro atoms. The Hall–Kier alpha value is -2.71. The Kier molecular flexibility index (Phi) is 12.5. The van der Waals surface area contributed by atoms with Crippen molar-refractivity contribution in [1.29, 1.82) is 0 Å². The molecule has 38 heavy (non-hydrogen) atoms. The van der Waals surface area contributed by atoms with E-state index in [4.69, 9.17) is 16.3 Å². The molecule has 0 heterocycles. The van der Waals surface area contributed by atoms with Crippen LogP contribution in [-0.2, 0) is 14.3 Å². The number of benzene rings is 2. The molecular formula is C29H40ClN3O4S. The molecule has 0 aliphatic heterocycles. The van der Waals surface area contributed by atoms with Crippen molar-refractivity contribution in [2.45, 2.75) is 78.0 Å². The van der Waals surface area contributed by atoms with Crippen molar-refractivity contribution in [3.8, 4) is 0 Å². The lowest BCUT2D eigenvalue weighted by Crippen LogP contribution is -2.53. The minimum atomic E-state index is -0.986. The Morgan fingerprint density at radius 2 is 1.71 bits per heavy atom. The van der Waals surface area contributed by atoms with E-state index < -0.39 is 35.6 Å². The Balaban J connectivity index is 2.47. The van der Waals surface area contributed by atoms with E-state index in [1.54, 1.807) is 26.8 Å². The summed E-state index contributed by atoms with van der Waals surface area (Å²) in [6.07, 6.45) is 2.92. The highest BCUT2D eigenvalue weighted by Crippen LogP contribution is 2.29. The average Bonchev–Trinajstić information content (AvgIpc) is 2.85. The smallest absolute Gasteiger partial charge is 0.408 e. The van der Waals surface area contributed by atoms with Gasteiger partial charge in [-0.3, -0.25) is 9.59 Å². The third kappa shape index (κ3) is 9.55. The van der Waals surface area contributed by atoms with Crippen LogP contribution in [0.25, 0.3) is 0 Å². The number of aryl methyl sites for hydroxylation is 1. The van der Waals surface area contributed by atoms with E-state index in [-0.39, 0.29) is 5.75 Å². The fourth-order valence-electron chi connectivity index (χ4n) is 4.00. The van der Waals surface area contributed by atoms with Gasteiger partial charge in [0.1, 0.15) is 17.7 Å². The van der Waals surface area contributed by atoms with E-state index in [1.165, 1.54) is 4.90 Å². The van der Waals surface area contributed by atoms with Crippen LogP contribution in [0.3, 0.4) is 0 Å². The number of rotatable bonds is 12. The molecule has 0 aliphatic rings. The predicted octanol–water partition coefficient (Wildman–Crippen LogP) is 6.56. The molecule has 2 N–H and O–H groups in total. The molecule has 208 valence electrons. The average molecular weight is 562 g/mol. The van der Waals surface area contributed by atoms with E-state index in [0.29, 0.717) is 29.2 Å². The number of ether oxygens (including phenoxy) is 1. The van der Waals surface area contributed by atoms with Gasteiger partial charge in [0.2, 0.25) is 5.91 Å². The maximum Gasteiger partial charge on any atom is 0.408 e. The summed E-state index contributed by atoms with van der Waals surface area (Å²) in [6.45, 7) is 9.53. The maximum absolute atomic E-state index is 13.9. The predicted molar refractivity (Wildman–Crippen MR) is 157 cm³/mol. The van der Waals surface area contributed by atoms with Gasteiger partial charge in [-0.15, -0.1) is 0 Å². The van der Waals surface area contributed by atoms with Crippen molar-refractivity contribution < 1.29 is 19.1 Å². The van der Waals surface area contributed by atoms with Crippen LogP contribution in [0.5, 0.6) is 0 Å². The Bertz CT molecular complexity index is 1050. The molecule has 9 heteroatoms. The van der Waals surface area contributed by atoms with Gasteiger partial charge in [0, 0.05) is 12.3 Å². The number of nitrogens with one attached hydrogen (secondary N) is 2. The van der Waals surface area contributed by atoms with Gasteiger partial charge < -0.3 is 20.3 Å². The van der Waals surface area contributed by atoms with Gasteiger partial charge in [0.05, 0.1) is 10.7 Å². The van der Waals surface area contributed by atoms with Crippen molar-refractivity contribution in [2.24, 2.45) is 0 Å². The minimum Gasteiger partial charge on any atom is -0.444 e. The molecule has 2 rings (SSSR count). The first-order chi connectivity index (χ1) is 18.0. The topological polar surface area (TPSA) is 87.7 Å². The number of hydrogen-bond acceptors (Lipinski definition) is 5. The van der Waals surface area contributed by atoms with E-state index in [0.717, 1.165) is 24.8 Å². The van der Waals surface area contributed by atoms with Gasteiger partial charge in [0.25, 0.3) is 5.91 Å². The van der Waals surface area contributed by atoms with Crippen molar-refractivity contribution in [1.82, 2.24) is 10.2 Å². The molecule has 2 aromatic rings. The number of alkyl carbamates (subject to hydrolysis) is 1. The normalized spacial score (nSPS) is 12.8. The summed E-state index contributed by atoms with van der Waals surface area (Å²) in [5.41, 5.74) is 1.22. The van der Waals surface area contributed by atoms with Crippen molar-refractivity contribution in [3.63, 3.8) is 0 Å². The lowest BCUT2D eigenvalue weighted by atomic mass is 10.0. The molecule has 0 aliphatic carbocycles. The molecule has 3 amide bonds. The Morgan fingerprint density at radius 1 is 1.03 bits per heavy atom. The van der Waals surface area contributed by atoms with Gasteiger partial charge >= 0.3 is 6.09 Å². The molecule has 2 aromatic carbocycles. The third-order valence-electron chi connectivity index (χ3n) is 5.85. The minimum absolute atomic E-state index is 0.0380. The molecule has 7 nitrogen and oxygen atoms in total. The quantitative estimate of drug-likeness (QED) is 0.202. The first-order valence-corrected chi connectivity index (χ1v) is 14.0. The van der Waals surface area contributed by atoms with Crippen LogP contribution >= 0.6 is 24.2 Å². The van der Waals surface area contributed by atoms with Crippen LogP contribution in [0, 0.1) is 6.92 Å². The van der Waals surface area contributed by atoms with Crippen LogP contribution in [0.1, 0.15) is 70.5 Å². The standard InChI is InChI=1S/C29H40ClN3O4S/c1-6-7-8-12-18-33(27(35)23(19-38)31-28(36)37-29(3,4)5)25(21-15-10-9-11-16-21)26(34)32-24-20(2)14-13-17-22(24)30/h9-11,13-17,23,25,38H,6-8,12,18-19H2,1-5H3,(H,31,36)(H,32,34). The highest BCUT2D eigenvalue weighted by molar-refractivity contribution is 7.80. The van der Waals surface area contributed by atoms with Crippen LogP contribution < -0.4 is 10.6 Å². The summed E-state index contributed by atoms with van der Waals surface area (Å²) in [5, 5.41) is 5.99. The molecule has 0 saturated carbocycles. The van der Waals surface area contributed by atoms with E-state index in [2.05, 4.69) is 30.2 Å². The van der Waals surface area contributed by atoms with Gasteiger partial charge in [-0.1, -0.05) is 80.3 Å². The van der Waals surface area contributed by atoms with E-state index >= 15 is 0 Å². The number of para-hydroxylation sites is 1. The second kappa shape index (κ2) is 15.0. The van der Waals surface area contributed by atoms with E-state index in [1.807, 2.05) is 49.4 Å². The van der Waals surface area contributed by atoms with Crippen LogP contribution in [0.15, 0.2) is 48.5 Å². The summed E-state index contributed by atoms with van der Waals surface area (Å²) < 4.78 is 5.36. The number of unbranched alkanes of at least 4 members (excludes halogenated alkanes) is 3. The van der Waals surface area contributed by atoms with Gasteiger partial charge in [-0.05, 0) is 51.3 Å². The number of carbonyl (C=O) groups excluding carboxylic acids is 3. The van der Waals surface area contributed by atoms with E-state index in [9.17, 15) is 14.4 Å². The highest BCUT2D eigenvalue weighted by Gasteiger charge is 2.36. The highest BCUT2D eigenvalue weighted by atomic mass is 35.5. The van der Waals surface area contributed by atoms with Crippen molar-refractivity contribution in [3.05, 3.63) is 64.7 Å². The monoisotopic (exact) mass is 561 g/mol. The number of carbonyl (C=O) groups is 3. The molecule has 2 atom stereocenters. The molecule has 0 saturated heterocycles. The second-order valence-electron chi connectivity index (χ2n) is 10.2. The molecule has 0 bridgehead atoms. The van der Waals surface area contributed by atoms with Crippen molar-refractivity contribution >= 4 is 47.8 Å². The SMILES string of the molecule is CCCCCCN(C(=O)C(CS)NC(=O)OC(C)(C)C)C(C(=O)Nc1c(C)cccc1Cl)c1ccccc1. The first kappa shape index (κ1) is 31.5. The maximum atomic E-state index is 13.9. The number of amides is 3. The van der Waals surface area contributed by atoms with Crippen LogP contribution in [0.2, 0.25) is 5.02 Å². The zero-order valence-electron chi connectivity index (χ0n) is 22.9. The number of halogens is 1. The fourth-order valence-corrected chi connectivity index (χ4v) is 4.52. The largest absolute Gasteiger partial charge is 0.444 e. The zero-order valence-corrected chi connectivity index (χ0v) is 24.6. The fraction of sp³-hybridized carbons (Fsp3) is 0.483.